The molecule has 1 heteroatoms. The van der Waals surface area contributed by atoms with Crippen molar-refractivity contribution in [3.05, 3.63) is 0 Å². The number of nitrogens with one attached hydrogen (secondary N) is 1. The molecule has 0 bridgehead atoms. The first-order valence-corrected chi connectivity index (χ1v) is 9.95. The van der Waals surface area contributed by atoms with Gasteiger partial charge in [0, 0.05) is 6.04 Å². The van der Waals surface area contributed by atoms with Crippen LogP contribution in [0.1, 0.15) is 111 Å². The fraction of sp³-hybridized carbons (Fsp3) is 1.00. The molecule has 0 amide bonds. The Bertz CT molecular complexity index is 188. The van der Waals surface area contributed by atoms with Crippen LogP contribution in [0.5, 0.6) is 0 Å². The van der Waals surface area contributed by atoms with Crippen molar-refractivity contribution in [3.8, 4) is 0 Å². The molecule has 0 fully saturated rings. The van der Waals surface area contributed by atoms with E-state index in [1.807, 2.05) is 0 Å². The fourth-order valence-electron chi connectivity index (χ4n) is 3.03. The number of hydrogen-bond donors (Lipinski definition) is 1. The molecule has 0 aliphatic carbocycles. The van der Waals surface area contributed by atoms with Gasteiger partial charge in [0.2, 0.25) is 0 Å². The van der Waals surface area contributed by atoms with Crippen LogP contribution in [0.15, 0.2) is 0 Å². The summed E-state index contributed by atoms with van der Waals surface area (Å²) in [5, 5.41) is 3.70. The van der Waals surface area contributed by atoms with Gasteiger partial charge in [0.25, 0.3) is 0 Å². The van der Waals surface area contributed by atoms with Crippen molar-refractivity contribution >= 4 is 0 Å². The van der Waals surface area contributed by atoms with E-state index >= 15 is 0 Å². The first-order chi connectivity index (χ1) is 10.2. The van der Waals surface area contributed by atoms with E-state index in [-0.39, 0.29) is 0 Å². The first kappa shape index (κ1) is 21.0. The molecule has 0 rings (SSSR count). The lowest BCUT2D eigenvalue weighted by Crippen LogP contribution is -2.34. The zero-order valence-corrected chi connectivity index (χ0v) is 15.6. The Morgan fingerprint density at radius 2 is 1.10 bits per heavy atom. The summed E-state index contributed by atoms with van der Waals surface area (Å²) in [6, 6.07) is 0.739. The Balaban J connectivity index is 3.29. The van der Waals surface area contributed by atoms with Gasteiger partial charge in [-0.25, -0.2) is 0 Å². The van der Waals surface area contributed by atoms with Crippen LogP contribution in [0, 0.1) is 5.92 Å². The van der Waals surface area contributed by atoms with Crippen molar-refractivity contribution in [1.82, 2.24) is 5.32 Å². The minimum Gasteiger partial charge on any atom is -0.314 e. The molecule has 0 heterocycles. The van der Waals surface area contributed by atoms with Gasteiger partial charge in [0.1, 0.15) is 0 Å². The van der Waals surface area contributed by atoms with Crippen LogP contribution in [-0.2, 0) is 0 Å². The Morgan fingerprint density at radius 3 is 1.52 bits per heavy atom. The largest absolute Gasteiger partial charge is 0.314 e. The van der Waals surface area contributed by atoms with Crippen molar-refractivity contribution in [1.29, 1.82) is 0 Å². The van der Waals surface area contributed by atoms with Crippen LogP contribution >= 0.6 is 0 Å². The quantitative estimate of drug-likeness (QED) is 0.312. The van der Waals surface area contributed by atoms with Gasteiger partial charge < -0.3 is 5.32 Å². The van der Waals surface area contributed by atoms with Gasteiger partial charge in [-0.05, 0) is 25.3 Å². The molecule has 0 aliphatic rings. The second kappa shape index (κ2) is 16.3. The summed E-state index contributed by atoms with van der Waals surface area (Å²) < 4.78 is 0. The molecule has 1 unspecified atom stereocenters. The summed E-state index contributed by atoms with van der Waals surface area (Å²) in [6.45, 7) is 10.4. The Hall–Kier alpha value is -0.0400. The van der Waals surface area contributed by atoms with E-state index in [1.54, 1.807) is 0 Å². The minimum absolute atomic E-state index is 0.739. The van der Waals surface area contributed by atoms with Crippen LogP contribution in [0.25, 0.3) is 0 Å². The highest BCUT2D eigenvalue weighted by Crippen LogP contribution is 2.14. The predicted molar refractivity (Wildman–Crippen MR) is 98.0 cm³/mol. The van der Waals surface area contributed by atoms with Crippen LogP contribution in [0.3, 0.4) is 0 Å². The molecule has 0 saturated heterocycles. The Morgan fingerprint density at radius 1 is 0.619 bits per heavy atom. The van der Waals surface area contributed by atoms with Crippen molar-refractivity contribution in [2.24, 2.45) is 5.92 Å². The van der Waals surface area contributed by atoms with E-state index in [2.05, 4.69) is 33.0 Å². The highest BCUT2D eigenvalue weighted by molar-refractivity contribution is 4.70. The second-order valence-corrected chi connectivity index (χ2v) is 7.13. The van der Waals surface area contributed by atoms with E-state index in [1.165, 1.54) is 90.0 Å². The molecule has 128 valence electrons. The Labute approximate surface area is 135 Å². The normalized spacial score (nSPS) is 13.0. The van der Waals surface area contributed by atoms with Crippen LogP contribution in [-0.4, -0.2) is 12.6 Å². The van der Waals surface area contributed by atoms with Crippen molar-refractivity contribution < 1.29 is 0 Å². The molecule has 1 atom stereocenters. The average Bonchev–Trinajstić information content (AvgIpc) is 2.47. The van der Waals surface area contributed by atoms with E-state index < -0.39 is 0 Å². The summed E-state index contributed by atoms with van der Waals surface area (Å²) >= 11 is 0. The maximum atomic E-state index is 3.70. The highest BCUT2D eigenvalue weighted by Gasteiger charge is 2.11. The van der Waals surface area contributed by atoms with Crippen molar-refractivity contribution in [3.63, 3.8) is 0 Å². The standard InChI is InChI=1S/C20H43N/c1-5-7-8-9-10-11-12-13-14-15-16-17-20(19(3)4)21-18-6-2/h19-21H,5-18H2,1-4H3. The third-order valence-corrected chi connectivity index (χ3v) is 4.58. The van der Waals surface area contributed by atoms with Gasteiger partial charge >= 0.3 is 0 Å². The van der Waals surface area contributed by atoms with Gasteiger partial charge in [0.15, 0.2) is 0 Å². The smallest absolute Gasteiger partial charge is 0.00900 e. The molecule has 21 heavy (non-hydrogen) atoms. The van der Waals surface area contributed by atoms with Crippen LogP contribution in [0.2, 0.25) is 0 Å². The summed E-state index contributed by atoms with van der Waals surface area (Å²) in [5.74, 6) is 0.777. The van der Waals surface area contributed by atoms with Crippen LogP contribution < -0.4 is 5.32 Å². The third-order valence-electron chi connectivity index (χ3n) is 4.58. The lowest BCUT2D eigenvalue weighted by molar-refractivity contribution is 0.364. The predicted octanol–water partition coefficient (Wildman–Crippen LogP) is 6.71. The SMILES string of the molecule is CCCCCCCCCCCCCC(NCCC)C(C)C. The van der Waals surface area contributed by atoms with E-state index in [0.29, 0.717) is 0 Å². The molecule has 0 spiro atoms. The van der Waals surface area contributed by atoms with Gasteiger partial charge in [-0.3, -0.25) is 0 Å². The van der Waals surface area contributed by atoms with Gasteiger partial charge in [-0.2, -0.15) is 0 Å². The zero-order chi connectivity index (χ0) is 15.8. The van der Waals surface area contributed by atoms with Crippen LogP contribution in [0.4, 0.5) is 0 Å². The molecule has 1 nitrogen and oxygen atoms in total. The van der Waals surface area contributed by atoms with Crippen molar-refractivity contribution in [2.45, 2.75) is 117 Å². The maximum absolute atomic E-state index is 3.70. The van der Waals surface area contributed by atoms with E-state index in [9.17, 15) is 0 Å². The maximum Gasteiger partial charge on any atom is 0.00900 e. The van der Waals surface area contributed by atoms with Gasteiger partial charge in [0.05, 0.1) is 0 Å². The molecule has 0 aliphatic heterocycles. The average molecular weight is 298 g/mol. The lowest BCUT2D eigenvalue weighted by atomic mass is 9.97. The molecule has 1 N–H and O–H groups in total. The van der Waals surface area contributed by atoms with E-state index in [0.717, 1.165) is 12.0 Å². The number of unbranched alkanes of at least 4 members (excludes halogenated alkanes) is 10. The zero-order valence-electron chi connectivity index (χ0n) is 15.6. The first-order valence-electron chi connectivity index (χ1n) is 9.95. The monoisotopic (exact) mass is 297 g/mol. The topological polar surface area (TPSA) is 12.0 Å². The van der Waals surface area contributed by atoms with E-state index in [4.69, 9.17) is 0 Å². The fourth-order valence-corrected chi connectivity index (χ4v) is 3.03. The van der Waals surface area contributed by atoms with Gasteiger partial charge in [-0.1, -0.05) is 98.3 Å². The highest BCUT2D eigenvalue weighted by atomic mass is 14.9. The molecular formula is C20H43N. The van der Waals surface area contributed by atoms with Crippen molar-refractivity contribution in [2.75, 3.05) is 6.54 Å². The molecule has 0 aromatic carbocycles. The summed E-state index contributed by atoms with van der Waals surface area (Å²) in [4.78, 5) is 0. The summed E-state index contributed by atoms with van der Waals surface area (Å²) in [5.41, 5.74) is 0. The number of rotatable bonds is 16. The third kappa shape index (κ3) is 14.7. The summed E-state index contributed by atoms with van der Waals surface area (Å²) in [7, 11) is 0. The molecule has 0 aromatic heterocycles. The minimum atomic E-state index is 0.739. The van der Waals surface area contributed by atoms with Gasteiger partial charge in [-0.15, -0.1) is 0 Å². The molecule has 0 radical (unpaired) electrons. The summed E-state index contributed by atoms with van der Waals surface area (Å²) in [6.07, 6.45) is 18.5. The lowest BCUT2D eigenvalue weighted by Gasteiger charge is -2.22. The molecule has 0 aromatic rings. The second-order valence-electron chi connectivity index (χ2n) is 7.13. The molecular weight excluding hydrogens is 254 g/mol. The molecule has 0 saturated carbocycles. The Kier molecular flexibility index (Phi) is 16.3. The number of hydrogen-bond acceptors (Lipinski definition) is 1.